The molecule has 3 amide bonds. The van der Waals surface area contributed by atoms with Crippen LogP contribution in [0.3, 0.4) is 0 Å². The van der Waals surface area contributed by atoms with Crippen molar-refractivity contribution in [2.45, 2.75) is 70.6 Å². The third kappa shape index (κ3) is 9.60. The Morgan fingerprint density at radius 3 is 2.54 bits per heavy atom. The van der Waals surface area contributed by atoms with Gasteiger partial charge < -0.3 is 44.5 Å². The van der Waals surface area contributed by atoms with Gasteiger partial charge in [0.15, 0.2) is 11.4 Å². The van der Waals surface area contributed by atoms with E-state index in [1.807, 2.05) is 92.5 Å². The van der Waals surface area contributed by atoms with Crippen LogP contribution in [-0.2, 0) is 14.4 Å². The van der Waals surface area contributed by atoms with Gasteiger partial charge in [-0.05, 0) is 67.4 Å². The summed E-state index contributed by atoms with van der Waals surface area (Å²) >= 11 is 1.58. The number of aryl methyl sites for hydroxylation is 1. The largest absolute Gasteiger partial charge is 0.507 e. The molecule has 6 aromatic rings. The van der Waals surface area contributed by atoms with Crippen molar-refractivity contribution < 1.29 is 33.9 Å². The Morgan fingerprint density at radius 1 is 1.03 bits per heavy atom. The number of nitrogens with one attached hydrogen (secondary N) is 2. The fourth-order valence-electron chi connectivity index (χ4n) is 8.34. The van der Waals surface area contributed by atoms with E-state index in [0.29, 0.717) is 55.3 Å². The van der Waals surface area contributed by atoms with E-state index in [0.717, 1.165) is 32.8 Å². The topological polar surface area (TPSA) is 203 Å². The van der Waals surface area contributed by atoms with Gasteiger partial charge in [0.05, 0.1) is 33.9 Å². The third-order valence-electron chi connectivity index (χ3n) is 12.1. The summed E-state index contributed by atoms with van der Waals surface area (Å²) in [6.45, 7) is 10.3. The van der Waals surface area contributed by atoms with E-state index in [1.54, 1.807) is 35.6 Å². The fraction of sp³-hybridized carbons (Fsp3) is 0.413. The van der Waals surface area contributed by atoms with Gasteiger partial charge in [0.2, 0.25) is 17.7 Å². The number of rotatable bonds is 16. The molecule has 17 heteroatoms. The number of carbonyl (C=O) groups excluding carboxylic acids is 3. The van der Waals surface area contributed by atoms with Crippen molar-refractivity contribution in [2.24, 2.45) is 5.92 Å². The van der Waals surface area contributed by atoms with Crippen LogP contribution in [0.1, 0.15) is 74.2 Å². The highest BCUT2D eigenvalue weighted by molar-refractivity contribution is 7.13. The first kappa shape index (κ1) is 43.5. The molecule has 4 atom stereocenters. The van der Waals surface area contributed by atoms with Crippen LogP contribution in [0.25, 0.3) is 32.7 Å². The first-order valence-corrected chi connectivity index (χ1v) is 22.2. The minimum Gasteiger partial charge on any atom is -0.507 e. The van der Waals surface area contributed by atoms with Crippen molar-refractivity contribution in [1.29, 1.82) is 0 Å². The van der Waals surface area contributed by atoms with Crippen molar-refractivity contribution in [1.82, 2.24) is 45.3 Å². The van der Waals surface area contributed by atoms with Crippen molar-refractivity contribution >= 4 is 40.1 Å². The van der Waals surface area contributed by atoms with Gasteiger partial charge in [-0.3, -0.25) is 14.4 Å². The Labute approximate surface area is 369 Å². The maximum Gasteiger partial charge on any atom is 0.254 e. The first-order valence-electron chi connectivity index (χ1n) is 21.3. The number of aliphatic hydroxyl groups is 1. The average Bonchev–Trinajstić information content (AvgIpc) is 4.07. The van der Waals surface area contributed by atoms with Crippen LogP contribution in [0.5, 0.6) is 11.6 Å². The van der Waals surface area contributed by atoms with E-state index in [2.05, 4.69) is 30.6 Å². The highest BCUT2D eigenvalue weighted by Crippen LogP contribution is 2.35. The van der Waals surface area contributed by atoms with Gasteiger partial charge in [0.1, 0.15) is 24.3 Å². The zero-order valence-corrected chi connectivity index (χ0v) is 36.8. The monoisotopic (exact) mass is 875 g/mol. The molecular formula is C46H53N9O7S. The van der Waals surface area contributed by atoms with Gasteiger partial charge in [0.25, 0.3) is 5.88 Å². The number of para-hydroxylation sites is 1. The second kappa shape index (κ2) is 18.7. The van der Waals surface area contributed by atoms with Gasteiger partial charge in [-0.25, -0.2) is 4.98 Å². The number of likely N-dealkylation sites (N-methyl/N-ethyl adjacent to an activating group) is 1. The van der Waals surface area contributed by atoms with Crippen LogP contribution in [0.4, 0.5) is 0 Å². The minimum atomic E-state index is -0.847. The zero-order chi connectivity index (χ0) is 44.4. The van der Waals surface area contributed by atoms with Crippen molar-refractivity contribution in [3.8, 4) is 33.3 Å². The molecule has 4 aromatic heterocycles. The molecule has 0 aliphatic carbocycles. The SMILES string of the molecule is Cc1ncsc1-c1ccc([C@H](C)NC(=O)[C@@H]2C[C@@H](O)CN2C(=O)[C@@H](c2cc(OCCN(C)CCC(=O)N3CC(c4cc5cc(-c6ccccc6O)nnc5[nH]4)C3)no2)C(C)C)cc1. The van der Waals surface area contributed by atoms with Crippen LogP contribution < -0.4 is 10.1 Å². The van der Waals surface area contributed by atoms with Crippen molar-refractivity contribution in [3.63, 3.8) is 0 Å². The third-order valence-corrected chi connectivity index (χ3v) is 13.0. The number of aromatic hydroxyl groups is 1. The lowest BCUT2D eigenvalue weighted by Crippen LogP contribution is -2.49. The zero-order valence-electron chi connectivity index (χ0n) is 36.0. The summed E-state index contributed by atoms with van der Waals surface area (Å²) in [6.07, 6.45) is -0.346. The molecule has 2 saturated heterocycles. The average molecular weight is 876 g/mol. The number of hydrogen-bond donors (Lipinski definition) is 4. The molecule has 2 aromatic carbocycles. The number of likely N-dealkylation sites (tertiary alicyclic amines) is 2. The maximum atomic E-state index is 14.1. The van der Waals surface area contributed by atoms with Crippen molar-refractivity contribution in [3.05, 3.63) is 95.0 Å². The molecule has 0 spiro atoms. The smallest absolute Gasteiger partial charge is 0.254 e. The normalized spacial score (nSPS) is 17.7. The van der Waals surface area contributed by atoms with Crippen LogP contribution in [0.2, 0.25) is 0 Å². The van der Waals surface area contributed by atoms with Gasteiger partial charge in [-0.1, -0.05) is 50.2 Å². The van der Waals surface area contributed by atoms with Crippen LogP contribution in [0, 0.1) is 12.8 Å². The van der Waals surface area contributed by atoms with Crippen LogP contribution in [0.15, 0.2) is 76.8 Å². The number of aromatic nitrogens is 5. The number of thiazole rings is 1. The Kier molecular flexibility index (Phi) is 12.9. The van der Waals surface area contributed by atoms with Gasteiger partial charge in [-0.2, -0.15) is 0 Å². The first-order chi connectivity index (χ1) is 30.3. The standard InChI is InChI=1S/C46H53N9O7S/c1-26(2)42(46(60)55-24-33(56)20-37(55)45(59)48-27(3)29-10-12-30(13-11-29)43-28(4)47-25-63-43)39-21-40(52-62-39)61-17-16-53(5)15-14-41(58)54-22-32(23-54)35-18-31-19-36(50-51-44(31)49-35)34-8-6-7-9-38(34)57/h6-13,18-19,21,25-27,32-33,37,42,56-57H,14-17,20,22-24H2,1-5H3,(H,48,59)(H,49,51)/t27-,33+,37-,42+/m0/s1. The highest BCUT2D eigenvalue weighted by atomic mass is 32.1. The number of phenols is 1. The number of carbonyl (C=O) groups is 3. The number of β-amino-alcohol motifs (C(OH)–C–C–N with tert-alkyl or cyclic N) is 1. The summed E-state index contributed by atoms with van der Waals surface area (Å²) < 4.78 is 11.6. The summed E-state index contributed by atoms with van der Waals surface area (Å²) in [4.78, 5) is 54.9. The molecule has 0 radical (unpaired) electrons. The van der Waals surface area contributed by atoms with Gasteiger partial charge >= 0.3 is 0 Å². The quantitative estimate of drug-likeness (QED) is 0.0932. The Bertz CT molecular complexity index is 2570. The molecule has 8 rings (SSSR count). The molecule has 4 N–H and O–H groups in total. The molecule has 63 heavy (non-hydrogen) atoms. The lowest BCUT2D eigenvalue weighted by Gasteiger charge is -2.39. The minimum absolute atomic E-state index is 0.0331. The summed E-state index contributed by atoms with van der Waals surface area (Å²) in [5, 5.41) is 37.5. The molecule has 0 saturated carbocycles. The number of aromatic amines is 1. The van der Waals surface area contributed by atoms with Gasteiger partial charge in [0, 0.05) is 74.2 Å². The summed E-state index contributed by atoms with van der Waals surface area (Å²) in [5.74, 6) is -0.659. The maximum absolute atomic E-state index is 14.1. The second-order valence-corrected chi connectivity index (χ2v) is 17.8. The molecular weight excluding hydrogens is 823 g/mol. The summed E-state index contributed by atoms with van der Waals surface area (Å²) in [5.41, 5.74) is 7.65. The molecule has 16 nitrogen and oxygen atoms in total. The van der Waals surface area contributed by atoms with E-state index in [9.17, 15) is 24.6 Å². The number of H-pyrrole nitrogens is 1. The number of phenolic OH excluding ortho intramolecular Hbond substituents is 1. The fourth-order valence-corrected chi connectivity index (χ4v) is 9.15. The lowest BCUT2D eigenvalue weighted by molar-refractivity contribution is -0.141. The number of amides is 3. The molecule has 2 aliphatic rings. The predicted molar refractivity (Wildman–Crippen MR) is 237 cm³/mol. The number of fused-ring (bicyclic) bond motifs is 1. The summed E-state index contributed by atoms with van der Waals surface area (Å²) in [7, 11) is 1.92. The Morgan fingerprint density at radius 2 is 1.81 bits per heavy atom. The van der Waals surface area contributed by atoms with E-state index < -0.39 is 18.1 Å². The second-order valence-electron chi connectivity index (χ2n) is 17.0. The number of aliphatic hydroxyl groups excluding tert-OH is 1. The number of ether oxygens (including phenoxy) is 1. The lowest BCUT2D eigenvalue weighted by atomic mass is 9.91. The van der Waals surface area contributed by atoms with Crippen molar-refractivity contribution in [2.75, 3.05) is 46.4 Å². The Hall–Kier alpha value is -6.17. The van der Waals surface area contributed by atoms with Gasteiger partial charge in [-0.15, -0.1) is 21.5 Å². The molecule has 2 fully saturated rings. The van der Waals surface area contributed by atoms with E-state index >= 15 is 0 Å². The van der Waals surface area contributed by atoms with E-state index in [-0.39, 0.29) is 66.8 Å². The van der Waals surface area contributed by atoms with E-state index in [4.69, 9.17) is 9.26 Å². The molecule has 0 bridgehead atoms. The van der Waals surface area contributed by atoms with Crippen LogP contribution >= 0.6 is 11.3 Å². The van der Waals surface area contributed by atoms with E-state index in [1.165, 1.54) is 4.90 Å². The molecule has 330 valence electrons. The Balaban J connectivity index is 0.784. The highest BCUT2D eigenvalue weighted by Gasteiger charge is 2.43. The van der Waals surface area contributed by atoms with Crippen LogP contribution in [-0.4, -0.2) is 126 Å². The number of benzene rings is 2. The molecule has 0 unspecified atom stereocenters. The number of hydrogen-bond acceptors (Lipinski definition) is 13. The number of nitrogens with zero attached hydrogens (tertiary/aromatic N) is 7. The predicted octanol–water partition coefficient (Wildman–Crippen LogP) is 5.66. The molecule has 6 heterocycles. The molecule has 2 aliphatic heterocycles. The summed E-state index contributed by atoms with van der Waals surface area (Å²) in [6, 6.07) is 19.4.